The molecule has 1 saturated heterocycles. The van der Waals surface area contributed by atoms with Crippen molar-refractivity contribution in [2.45, 2.75) is 77.7 Å². The number of rotatable bonds is 14. The quantitative estimate of drug-likeness (QED) is 0.0788. The Kier molecular flexibility index (Phi) is 10.9. The van der Waals surface area contributed by atoms with Gasteiger partial charge in [-0.3, -0.25) is 18.4 Å². The molecule has 0 atom stereocenters. The van der Waals surface area contributed by atoms with Gasteiger partial charge in [-0.1, -0.05) is 18.2 Å². The molecular formula is C30H38N5O7S2+. The molecular weight excluding hydrogens is 606 g/mol. The zero-order valence-electron chi connectivity index (χ0n) is 25.1. The van der Waals surface area contributed by atoms with Gasteiger partial charge in [-0.15, -0.1) is 5.06 Å². The third-order valence-corrected chi connectivity index (χ3v) is 9.07. The van der Waals surface area contributed by atoms with E-state index in [1.54, 1.807) is 0 Å². The fraction of sp³-hybridized carbons (Fsp3) is 0.467. The molecule has 12 nitrogen and oxygen atoms in total. The molecule has 4 rings (SSSR count). The van der Waals surface area contributed by atoms with Crippen molar-refractivity contribution in [3.8, 4) is 0 Å². The van der Waals surface area contributed by atoms with Gasteiger partial charge in [0.05, 0.1) is 34.5 Å². The van der Waals surface area contributed by atoms with E-state index in [-0.39, 0.29) is 30.4 Å². The second kappa shape index (κ2) is 14.4. The summed E-state index contributed by atoms with van der Waals surface area (Å²) in [5.41, 5.74) is 1.76. The number of fused-ring (bicyclic) bond motifs is 1. The van der Waals surface area contributed by atoms with Gasteiger partial charge in [-0.25, -0.2) is 14.4 Å². The van der Waals surface area contributed by atoms with Gasteiger partial charge in [0, 0.05) is 37.8 Å². The lowest BCUT2D eigenvalue weighted by Crippen LogP contribution is -2.35. The van der Waals surface area contributed by atoms with Crippen molar-refractivity contribution >= 4 is 56.4 Å². The van der Waals surface area contributed by atoms with Gasteiger partial charge in [-0.05, 0) is 75.7 Å². The van der Waals surface area contributed by atoms with Gasteiger partial charge >= 0.3 is 11.8 Å². The molecule has 0 aliphatic carbocycles. The van der Waals surface area contributed by atoms with Crippen LogP contribution in [0.4, 0.5) is 5.82 Å². The normalized spacial score (nSPS) is 19.0. The maximum absolute atomic E-state index is 12.0. The van der Waals surface area contributed by atoms with E-state index in [4.69, 9.17) is 14.4 Å². The predicted molar refractivity (Wildman–Crippen MR) is 167 cm³/mol. The van der Waals surface area contributed by atoms with Crippen LogP contribution in [0.2, 0.25) is 0 Å². The van der Waals surface area contributed by atoms with Crippen molar-refractivity contribution < 1.29 is 36.8 Å². The third kappa shape index (κ3) is 8.73. The molecule has 0 radical (unpaired) electrons. The van der Waals surface area contributed by atoms with Crippen molar-refractivity contribution in [2.75, 3.05) is 12.3 Å². The molecule has 1 fully saturated rings. The molecule has 14 heteroatoms. The number of nitrogens with zero attached hydrogens (tertiary/aromatic N) is 5. The molecule has 0 bridgehead atoms. The minimum atomic E-state index is -3.99. The Morgan fingerprint density at radius 3 is 2.59 bits per heavy atom. The van der Waals surface area contributed by atoms with E-state index in [1.807, 2.05) is 53.9 Å². The lowest BCUT2D eigenvalue weighted by molar-refractivity contribution is -0.684. The fourth-order valence-electron chi connectivity index (χ4n) is 4.97. The van der Waals surface area contributed by atoms with Crippen molar-refractivity contribution in [1.82, 2.24) is 9.37 Å². The zero-order valence-corrected chi connectivity index (χ0v) is 26.8. The first-order valence-corrected chi connectivity index (χ1v) is 16.9. The number of pyridine rings is 1. The van der Waals surface area contributed by atoms with E-state index in [9.17, 15) is 22.8 Å². The third-order valence-electron chi connectivity index (χ3n) is 7.32. The molecule has 4 heterocycles. The average Bonchev–Trinajstić information content (AvgIpc) is 3.55. The zero-order chi connectivity index (χ0) is 31.9. The maximum Gasteiger partial charge on any atom is 0.333 e. The summed E-state index contributed by atoms with van der Waals surface area (Å²) in [4.78, 5) is 49.6. The summed E-state index contributed by atoms with van der Waals surface area (Å²) in [6.07, 6.45) is 14.3. The molecule has 0 unspecified atom stereocenters. The second-order valence-corrected chi connectivity index (χ2v) is 13.9. The summed E-state index contributed by atoms with van der Waals surface area (Å²) in [6.45, 7) is 7.33. The van der Waals surface area contributed by atoms with Gasteiger partial charge in [0.15, 0.2) is 5.71 Å². The summed E-state index contributed by atoms with van der Waals surface area (Å²) in [5.74, 6) is -0.198. The van der Waals surface area contributed by atoms with Crippen LogP contribution in [-0.4, -0.2) is 63.2 Å². The summed E-state index contributed by atoms with van der Waals surface area (Å²) in [6, 6.07) is 4.10. The van der Waals surface area contributed by atoms with Crippen LogP contribution in [0.5, 0.6) is 0 Å². The standard InChI is InChI=1S/C30H37N5O7S2/c1-22-31-25(34(43-22)20-11-21-44(39,40)41)14-7-4-6-13-24-30(2,3)23-12-10-19-33(29(23)32-24)18-9-5-8-15-28(38)42-35-26(36)16-17-27(35)37/h4,6-7,10,12-14,19H,5,8-9,11,15-18,20-21H2,1-3H3/p+1. The summed E-state index contributed by atoms with van der Waals surface area (Å²) in [7, 11) is -3.99. The molecule has 0 aromatic carbocycles. The van der Waals surface area contributed by atoms with Crippen LogP contribution < -0.4 is 4.57 Å². The Bertz CT molecular complexity index is 1540. The highest BCUT2D eigenvalue weighted by Gasteiger charge is 2.41. The van der Waals surface area contributed by atoms with Gasteiger partial charge in [-0.2, -0.15) is 8.42 Å². The molecule has 1 aromatic rings. The summed E-state index contributed by atoms with van der Waals surface area (Å²) >= 11 is 1.44. The Labute approximate surface area is 262 Å². The van der Waals surface area contributed by atoms with Gasteiger partial charge in [0.1, 0.15) is 5.82 Å². The Balaban J connectivity index is 1.29. The molecule has 0 saturated carbocycles. The van der Waals surface area contributed by atoms with Crippen LogP contribution in [0.3, 0.4) is 0 Å². The van der Waals surface area contributed by atoms with E-state index in [0.29, 0.717) is 30.3 Å². The van der Waals surface area contributed by atoms with Gasteiger partial charge < -0.3 is 4.84 Å². The number of carbonyl (C=O) groups is 3. The number of hydrogen-bond donors (Lipinski definition) is 1. The van der Waals surface area contributed by atoms with Crippen LogP contribution >= 0.6 is 11.9 Å². The van der Waals surface area contributed by atoms with Gasteiger partial charge in [0.25, 0.3) is 21.9 Å². The number of amides is 2. The van der Waals surface area contributed by atoms with E-state index < -0.39 is 27.9 Å². The first kappa shape index (κ1) is 33.3. The number of aryl methyl sites for hydroxylation is 1. The van der Waals surface area contributed by atoms with Crippen molar-refractivity contribution in [3.05, 3.63) is 60.1 Å². The number of aromatic nitrogens is 1. The second-order valence-electron chi connectivity index (χ2n) is 11.1. The molecule has 236 valence electrons. The molecule has 3 aliphatic rings. The first-order chi connectivity index (χ1) is 20.8. The van der Waals surface area contributed by atoms with Crippen LogP contribution in [0, 0.1) is 0 Å². The van der Waals surface area contributed by atoms with Gasteiger partial charge in [0.2, 0.25) is 0 Å². The van der Waals surface area contributed by atoms with E-state index in [1.165, 1.54) is 11.9 Å². The number of allylic oxidation sites excluding steroid dienone is 5. The Hall–Kier alpha value is -3.62. The molecule has 1 N–H and O–H groups in total. The minimum Gasteiger partial charge on any atom is -0.330 e. The van der Waals surface area contributed by atoms with Crippen molar-refractivity contribution in [1.29, 1.82) is 0 Å². The highest BCUT2D eigenvalue weighted by Crippen LogP contribution is 2.38. The molecule has 0 spiro atoms. The van der Waals surface area contributed by atoms with Crippen LogP contribution in [0.25, 0.3) is 0 Å². The number of carbonyl (C=O) groups excluding carboxylic acids is 3. The Morgan fingerprint density at radius 2 is 1.86 bits per heavy atom. The largest absolute Gasteiger partial charge is 0.333 e. The van der Waals surface area contributed by atoms with Crippen molar-refractivity contribution in [3.63, 3.8) is 0 Å². The van der Waals surface area contributed by atoms with E-state index in [0.717, 1.165) is 41.5 Å². The number of hydroxylamine groups is 2. The Morgan fingerprint density at radius 1 is 1.11 bits per heavy atom. The number of hydrogen-bond acceptors (Lipinski definition) is 10. The van der Waals surface area contributed by atoms with E-state index in [2.05, 4.69) is 29.5 Å². The van der Waals surface area contributed by atoms with Crippen LogP contribution in [0.15, 0.2) is 64.5 Å². The van der Waals surface area contributed by atoms with Crippen molar-refractivity contribution in [2.24, 2.45) is 9.98 Å². The first-order valence-electron chi connectivity index (χ1n) is 14.5. The monoisotopic (exact) mass is 644 g/mol. The van der Waals surface area contributed by atoms with Crippen LogP contribution in [-0.2, 0) is 41.3 Å². The fourth-order valence-corrected chi connectivity index (χ4v) is 6.34. The lowest BCUT2D eigenvalue weighted by atomic mass is 9.82. The molecule has 2 amide bonds. The molecule has 1 aromatic heterocycles. The SMILES string of the molecule is CC1=NC(=CC=CC=CC2=Nc3c(ccc[n+]3CCCCCC(=O)ON3C(=O)CCC3=O)C2(C)C)N(CCCS(=O)(=O)O)S1. The minimum absolute atomic E-state index is 0.0790. The average molecular weight is 645 g/mol. The lowest BCUT2D eigenvalue weighted by Gasteiger charge is -2.16. The van der Waals surface area contributed by atoms with Crippen LogP contribution in [0.1, 0.15) is 71.3 Å². The molecule has 44 heavy (non-hydrogen) atoms. The topological polar surface area (TPSA) is 150 Å². The number of imide groups is 1. The molecule has 3 aliphatic heterocycles. The maximum atomic E-state index is 12.0. The summed E-state index contributed by atoms with van der Waals surface area (Å²) < 4.78 is 35.0. The highest BCUT2D eigenvalue weighted by atomic mass is 32.2. The highest BCUT2D eigenvalue weighted by molar-refractivity contribution is 8.12. The smallest absolute Gasteiger partial charge is 0.330 e. The van der Waals surface area contributed by atoms with E-state index >= 15 is 0 Å². The number of aliphatic imine (C=N–C) groups is 2. The summed E-state index contributed by atoms with van der Waals surface area (Å²) in [5, 5.41) is 1.44. The predicted octanol–water partition coefficient (Wildman–Crippen LogP) is 4.12. The number of unbranched alkanes of at least 4 members (excludes halogenated alkanes) is 2.